The van der Waals surface area contributed by atoms with E-state index in [4.69, 9.17) is 5.11 Å². The highest BCUT2D eigenvalue weighted by molar-refractivity contribution is 6.83. The van der Waals surface area contributed by atoms with Crippen molar-refractivity contribution in [1.82, 2.24) is 9.97 Å². The molecule has 0 fully saturated rings. The highest BCUT2D eigenvalue weighted by atomic mass is 28.3. The average Bonchev–Trinajstić information content (AvgIpc) is 2.14. The number of nitrogens with one attached hydrogen (secondary N) is 1. The fraction of sp³-hybridized carbons (Fsp3) is 0.300. The topological polar surface area (TPSA) is 75.1 Å². The van der Waals surface area contributed by atoms with E-state index >= 15 is 0 Å². The van der Waals surface area contributed by atoms with Gasteiger partial charge in [0.2, 0.25) is 0 Å². The van der Waals surface area contributed by atoms with Gasteiger partial charge in [0.25, 0.3) is 0 Å². The van der Waals surface area contributed by atoms with Gasteiger partial charge in [-0.05, 0) is 0 Å². The molecule has 84 valence electrons. The van der Waals surface area contributed by atoms with Gasteiger partial charge in [0.1, 0.15) is 13.8 Å². The molecule has 0 saturated heterocycles. The molecule has 0 unspecified atom stereocenters. The van der Waals surface area contributed by atoms with Crippen LogP contribution in [-0.4, -0.2) is 29.2 Å². The predicted octanol–water partition coefficient (Wildman–Crippen LogP) is 1.80. The summed E-state index contributed by atoms with van der Waals surface area (Å²) in [6.45, 7) is 6.40. The van der Waals surface area contributed by atoms with E-state index in [-0.39, 0.29) is 5.82 Å². The third kappa shape index (κ3) is 4.57. The fourth-order valence-corrected chi connectivity index (χ4v) is 1.32. The molecule has 0 aliphatic heterocycles. The summed E-state index contributed by atoms with van der Waals surface area (Å²) in [5.74, 6) is 3.13. The normalized spacial score (nSPS) is 10.2. The lowest BCUT2D eigenvalue weighted by Crippen LogP contribution is -2.16. The molecule has 1 heterocycles. The summed E-state index contributed by atoms with van der Waals surface area (Å²) in [5.41, 5.74) is 3.70. The van der Waals surface area contributed by atoms with Crippen LogP contribution in [-0.2, 0) is 0 Å². The molecule has 1 aromatic heterocycles. The molecule has 1 aromatic rings. The second-order valence-corrected chi connectivity index (χ2v) is 8.97. The lowest BCUT2D eigenvalue weighted by molar-refractivity contribution is 0.209. The number of amides is 1. The Bertz CT molecular complexity index is 440. The SMILES string of the molecule is C[Si](C)(C)C#Cc1cnc(NC(=O)O)cn1. The van der Waals surface area contributed by atoms with Crippen LogP contribution in [0.25, 0.3) is 0 Å². The fourth-order valence-electron chi connectivity index (χ4n) is 0.818. The molecule has 1 rings (SSSR count). The Balaban J connectivity index is 2.78. The van der Waals surface area contributed by atoms with Crippen LogP contribution >= 0.6 is 0 Å². The van der Waals surface area contributed by atoms with Crippen LogP contribution in [0.5, 0.6) is 0 Å². The third-order valence-corrected chi connectivity index (χ3v) is 2.33. The minimum Gasteiger partial charge on any atom is -0.465 e. The first-order valence-electron chi connectivity index (χ1n) is 4.72. The highest BCUT2D eigenvalue weighted by Crippen LogP contribution is 2.01. The van der Waals surface area contributed by atoms with Crippen molar-refractivity contribution < 1.29 is 9.90 Å². The third-order valence-electron chi connectivity index (χ3n) is 1.45. The first-order chi connectivity index (χ1) is 7.37. The van der Waals surface area contributed by atoms with Gasteiger partial charge in [-0.15, -0.1) is 5.54 Å². The number of nitrogens with zero attached hydrogens (tertiary/aromatic N) is 2. The Morgan fingerprint density at radius 2 is 2.06 bits per heavy atom. The van der Waals surface area contributed by atoms with E-state index in [1.165, 1.54) is 12.4 Å². The maximum Gasteiger partial charge on any atom is 0.410 e. The largest absolute Gasteiger partial charge is 0.465 e. The lowest BCUT2D eigenvalue weighted by atomic mass is 10.5. The number of carbonyl (C=O) groups is 1. The van der Waals surface area contributed by atoms with Gasteiger partial charge in [-0.1, -0.05) is 25.6 Å². The number of rotatable bonds is 1. The van der Waals surface area contributed by atoms with Gasteiger partial charge < -0.3 is 5.11 Å². The number of aromatic nitrogens is 2. The van der Waals surface area contributed by atoms with Crippen molar-refractivity contribution in [1.29, 1.82) is 0 Å². The Morgan fingerprint density at radius 1 is 1.38 bits per heavy atom. The summed E-state index contributed by atoms with van der Waals surface area (Å²) in [4.78, 5) is 18.2. The van der Waals surface area contributed by atoms with Crippen molar-refractivity contribution in [3.63, 3.8) is 0 Å². The van der Waals surface area contributed by atoms with Crippen molar-refractivity contribution in [2.45, 2.75) is 19.6 Å². The van der Waals surface area contributed by atoms with Crippen LogP contribution < -0.4 is 5.32 Å². The lowest BCUT2D eigenvalue weighted by Gasteiger charge is -2.03. The molecule has 0 aromatic carbocycles. The minimum absolute atomic E-state index is 0.200. The van der Waals surface area contributed by atoms with Crippen molar-refractivity contribution in [3.8, 4) is 11.5 Å². The molecular weight excluding hydrogens is 222 g/mol. The predicted molar refractivity (Wildman–Crippen MR) is 63.9 cm³/mol. The summed E-state index contributed by atoms with van der Waals surface area (Å²) in [7, 11) is -1.42. The number of hydrogen-bond acceptors (Lipinski definition) is 3. The minimum atomic E-state index is -1.42. The van der Waals surface area contributed by atoms with Gasteiger partial charge in [0.15, 0.2) is 5.82 Å². The van der Waals surface area contributed by atoms with Gasteiger partial charge in [-0.25, -0.2) is 14.8 Å². The van der Waals surface area contributed by atoms with Crippen LogP contribution in [0.3, 0.4) is 0 Å². The van der Waals surface area contributed by atoms with Crippen molar-refractivity contribution in [2.24, 2.45) is 0 Å². The van der Waals surface area contributed by atoms with Crippen LogP contribution in [0.4, 0.5) is 10.6 Å². The summed E-state index contributed by atoms with van der Waals surface area (Å²) < 4.78 is 0. The summed E-state index contributed by atoms with van der Waals surface area (Å²) in [6.07, 6.45) is 1.65. The quantitative estimate of drug-likeness (QED) is 0.575. The van der Waals surface area contributed by atoms with Gasteiger partial charge in [0.05, 0.1) is 12.4 Å². The van der Waals surface area contributed by atoms with E-state index in [2.05, 4.69) is 46.4 Å². The molecule has 0 spiro atoms. The number of carboxylic acid groups (broad SMARTS) is 1. The smallest absolute Gasteiger partial charge is 0.410 e. The first kappa shape index (κ1) is 12.2. The molecule has 6 heteroatoms. The zero-order valence-electron chi connectivity index (χ0n) is 9.40. The summed E-state index contributed by atoms with van der Waals surface area (Å²) in [6, 6.07) is 0. The molecule has 2 N–H and O–H groups in total. The second-order valence-electron chi connectivity index (χ2n) is 4.22. The molecular formula is C10H13N3O2Si. The monoisotopic (exact) mass is 235 g/mol. The molecule has 0 radical (unpaired) electrons. The Hall–Kier alpha value is -1.87. The molecule has 0 bridgehead atoms. The van der Waals surface area contributed by atoms with Crippen LogP contribution in [0.15, 0.2) is 12.4 Å². The summed E-state index contributed by atoms with van der Waals surface area (Å²) in [5, 5.41) is 10.6. The Labute approximate surface area is 94.9 Å². The van der Waals surface area contributed by atoms with Gasteiger partial charge in [-0.3, -0.25) is 5.32 Å². The standard InChI is InChI=1S/C10H13N3O2Si/c1-16(2,3)5-4-8-6-12-9(7-11-8)13-10(14)15/h6-7H,1-3H3,(H,12,13)(H,14,15). The zero-order chi connectivity index (χ0) is 12.2. The molecule has 1 amide bonds. The van der Waals surface area contributed by atoms with Gasteiger partial charge in [0, 0.05) is 0 Å². The second kappa shape index (κ2) is 4.77. The molecule has 0 aliphatic carbocycles. The van der Waals surface area contributed by atoms with E-state index in [0.29, 0.717) is 5.69 Å². The maximum atomic E-state index is 10.3. The molecule has 0 aliphatic rings. The Kier molecular flexibility index (Phi) is 3.63. The molecule has 16 heavy (non-hydrogen) atoms. The van der Waals surface area contributed by atoms with Gasteiger partial charge >= 0.3 is 6.09 Å². The highest BCUT2D eigenvalue weighted by Gasteiger charge is 2.07. The average molecular weight is 235 g/mol. The first-order valence-corrected chi connectivity index (χ1v) is 8.22. The maximum absolute atomic E-state index is 10.3. The van der Waals surface area contributed by atoms with Crippen LogP contribution in [0.2, 0.25) is 19.6 Å². The van der Waals surface area contributed by atoms with E-state index in [1.54, 1.807) is 0 Å². The summed E-state index contributed by atoms with van der Waals surface area (Å²) >= 11 is 0. The van der Waals surface area contributed by atoms with Crippen molar-refractivity contribution in [3.05, 3.63) is 18.1 Å². The van der Waals surface area contributed by atoms with E-state index in [1.807, 2.05) is 0 Å². The number of anilines is 1. The molecule has 0 atom stereocenters. The molecule has 0 saturated carbocycles. The van der Waals surface area contributed by atoms with E-state index in [9.17, 15) is 4.79 Å². The van der Waals surface area contributed by atoms with E-state index in [0.717, 1.165) is 0 Å². The van der Waals surface area contributed by atoms with E-state index < -0.39 is 14.2 Å². The van der Waals surface area contributed by atoms with Crippen molar-refractivity contribution in [2.75, 3.05) is 5.32 Å². The van der Waals surface area contributed by atoms with Crippen LogP contribution in [0.1, 0.15) is 5.69 Å². The van der Waals surface area contributed by atoms with Gasteiger partial charge in [-0.2, -0.15) is 0 Å². The van der Waals surface area contributed by atoms with Crippen LogP contribution in [0, 0.1) is 11.5 Å². The van der Waals surface area contributed by atoms with Crippen molar-refractivity contribution >= 4 is 20.0 Å². The zero-order valence-corrected chi connectivity index (χ0v) is 10.4. The molecule has 5 nitrogen and oxygen atoms in total. The Morgan fingerprint density at radius 3 is 2.50 bits per heavy atom. The number of hydrogen-bond donors (Lipinski definition) is 2.